The van der Waals surface area contributed by atoms with Crippen molar-refractivity contribution in [3.8, 4) is 23.0 Å². The molecule has 0 N–H and O–H groups in total. The van der Waals surface area contributed by atoms with Crippen LogP contribution < -0.4 is 77.0 Å². The van der Waals surface area contributed by atoms with Crippen molar-refractivity contribution < 1.29 is 9.47 Å². The van der Waals surface area contributed by atoms with E-state index in [2.05, 4.69) is 280 Å². The van der Waals surface area contributed by atoms with Crippen LogP contribution >= 0.6 is 23.9 Å². The normalized spacial score (nSPS) is 14.9. The van der Waals surface area contributed by atoms with E-state index in [1.165, 1.54) is 134 Å². The minimum Gasteiger partial charge on any atom is -0.458 e. The second kappa shape index (κ2) is 18.8. The minimum absolute atomic E-state index is 0.000566. The van der Waals surface area contributed by atoms with Gasteiger partial charge in [0.25, 0.3) is 20.1 Å². The summed E-state index contributed by atoms with van der Waals surface area (Å²) < 4.78 is 19.3. The van der Waals surface area contributed by atoms with E-state index in [9.17, 15) is 0 Å². The van der Waals surface area contributed by atoms with E-state index in [0.717, 1.165) is 34.4 Å². The second-order valence-corrected chi connectivity index (χ2v) is 30.7. The van der Waals surface area contributed by atoms with E-state index in [4.69, 9.17) is 9.47 Å². The first-order valence-corrected chi connectivity index (χ1v) is 33.1. The molecule has 0 aliphatic carbocycles. The molecule has 86 heavy (non-hydrogen) atoms. The number of hydrogen-bond donors (Lipinski definition) is 0. The fourth-order valence-corrected chi connectivity index (χ4v) is 16.3. The number of anilines is 10. The van der Waals surface area contributed by atoms with Gasteiger partial charge in [0.2, 0.25) is 0 Å². The number of fused-ring (bicyclic) bond motifs is 12. The summed E-state index contributed by atoms with van der Waals surface area (Å²) in [5.74, 6) is 3.73. The van der Waals surface area contributed by atoms with Crippen LogP contribution in [-0.2, 0) is 21.7 Å². The third-order valence-electron chi connectivity index (χ3n) is 19.3. The zero-order valence-electron chi connectivity index (χ0n) is 53.0. The molecule has 0 aromatic heterocycles. The number of rotatable bonds is 4. The average Bonchev–Trinajstić information content (AvgIpc) is 0.703. The van der Waals surface area contributed by atoms with Crippen molar-refractivity contribution in [2.75, 3.05) is 30.9 Å². The zero-order chi connectivity index (χ0) is 60.2. The monoisotopic (exact) mass is 1160 g/mol. The van der Waals surface area contributed by atoms with E-state index in [0.29, 0.717) is 0 Å². The molecule has 15 rings (SSSR count). The van der Waals surface area contributed by atoms with Crippen molar-refractivity contribution in [2.24, 2.45) is 0 Å². The molecule has 0 atom stereocenters. The second-order valence-electron chi connectivity index (χ2n) is 29.3. The molecule has 11 heteroatoms. The maximum atomic E-state index is 7.16. The highest BCUT2D eigenvalue weighted by Crippen LogP contribution is 2.50. The number of benzene rings is 9. The van der Waals surface area contributed by atoms with Crippen LogP contribution in [0.2, 0.25) is 0 Å². The summed E-state index contributed by atoms with van der Waals surface area (Å²) >= 11 is 3.58. The highest BCUT2D eigenvalue weighted by molar-refractivity contribution is 8.00. The van der Waals surface area contributed by atoms with Gasteiger partial charge in [-0.2, -0.15) is 0 Å². The molecule has 0 fully saturated rings. The zero-order valence-corrected chi connectivity index (χ0v) is 54.6. The standard InChI is InChI=1S/C75H75B3N4O2S2/c1-42-30-61-69-63(32-42)81(85-16)59-41-58-52(77-55-36-47(74(10,11)12)22-28-65(55)83-67-34-43(2)31-62(70(67)77)80(58)50-26-20-46(21-27-50)73(7,8)9)39-53(59)76(69)51-38-54-60(40-57(51)79(61)49-24-18-45(19-25-49)72(4,5)6)82(86-17)64-33-44(3)35-68-71(64)78(54)56-37-48(75(13,14)15)23-29-66(56)84-68/h18-41H,1-17H3. The van der Waals surface area contributed by atoms with Gasteiger partial charge in [-0.1, -0.05) is 144 Å². The number of nitrogens with zero attached hydrogens (tertiary/aromatic N) is 4. The molecule has 6 heterocycles. The number of aryl methyl sites for hydroxylation is 3. The highest BCUT2D eigenvalue weighted by Gasteiger charge is 2.50. The van der Waals surface area contributed by atoms with E-state index in [-0.39, 0.29) is 41.8 Å². The maximum absolute atomic E-state index is 7.16. The molecule has 0 spiro atoms. The van der Waals surface area contributed by atoms with Crippen LogP contribution in [0.1, 0.15) is 122 Å². The fourth-order valence-electron chi connectivity index (χ4n) is 14.9. The average molecular weight is 1160 g/mol. The summed E-state index contributed by atoms with van der Waals surface area (Å²) in [5.41, 5.74) is 31.9. The van der Waals surface area contributed by atoms with Gasteiger partial charge in [-0.15, -0.1) is 0 Å². The van der Waals surface area contributed by atoms with Crippen molar-refractivity contribution in [3.05, 3.63) is 185 Å². The smallest absolute Gasteiger partial charge is 0.256 e. The van der Waals surface area contributed by atoms with Crippen LogP contribution in [0.5, 0.6) is 23.0 Å². The molecule has 0 saturated heterocycles. The largest absolute Gasteiger partial charge is 0.458 e. The molecule has 428 valence electrons. The van der Waals surface area contributed by atoms with E-state index < -0.39 is 0 Å². The van der Waals surface area contributed by atoms with Gasteiger partial charge in [-0.25, -0.2) is 0 Å². The van der Waals surface area contributed by atoms with Crippen LogP contribution in [0.15, 0.2) is 146 Å². The van der Waals surface area contributed by atoms with E-state index in [1.807, 2.05) is 0 Å². The molecule has 0 amide bonds. The lowest BCUT2D eigenvalue weighted by atomic mass is 9.29. The first-order valence-electron chi connectivity index (χ1n) is 30.7. The van der Waals surface area contributed by atoms with E-state index in [1.54, 1.807) is 23.9 Å². The van der Waals surface area contributed by atoms with Crippen molar-refractivity contribution in [2.45, 2.75) is 126 Å². The van der Waals surface area contributed by atoms with Crippen LogP contribution in [0.3, 0.4) is 0 Å². The van der Waals surface area contributed by atoms with Crippen molar-refractivity contribution in [1.29, 1.82) is 0 Å². The molecule has 9 aromatic rings. The summed E-state index contributed by atoms with van der Waals surface area (Å²) in [6.07, 6.45) is 4.48. The highest BCUT2D eigenvalue weighted by atomic mass is 32.2. The summed E-state index contributed by atoms with van der Waals surface area (Å²) in [6, 6.07) is 57.4. The molecule has 0 saturated carbocycles. The third-order valence-corrected chi connectivity index (χ3v) is 20.8. The van der Waals surface area contributed by atoms with Crippen LogP contribution in [0, 0.1) is 20.8 Å². The molecule has 6 aliphatic heterocycles. The van der Waals surface area contributed by atoms with Crippen molar-refractivity contribution in [3.63, 3.8) is 0 Å². The summed E-state index contributed by atoms with van der Waals surface area (Å²) in [6.45, 7) is 34.2. The third kappa shape index (κ3) is 8.25. The summed E-state index contributed by atoms with van der Waals surface area (Å²) in [4.78, 5) is 5.16. The van der Waals surface area contributed by atoms with Gasteiger partial charge in [0.1, 0.15) is 23.0 Å². The van der Waals surface area contributed by atoms with Gasteiger partial charge in [-0.05, 0) is 239 Å². The first-order chi connectivity index (χ1) is 40.8. The Balaban J connectivity index is 1.05. The van der Waals surface area contributed by atoms with Gasteiger partial charge < -0.3 is 19.3 Å². The van der Waals surface area contributed by atoms with E-state index >= 15 is 0 Å². The SMILES string of the molecule is CSN1c2cc3c(cc2B2c4cc(C(C)(C)C)ccc4Oc4cc(C)cc1c42)B1c2cc4c(cc2N(SC)c2cc(C)cc(c21)N3c1ccc(C(C)(C)C)cc1)N(c1ccc(C(C)(C)C)cc1)c1cc(C)cc2c1B4c1cc(C(C)(C)C)ccc1O2. The Morgan fingerprint density at radius 2 is 0.628 bits per heavy atom. The molecule has 0 radical (unpaired) electrons. The Kier molecular flexibility index (Phi) is 12.1. The van der Waals surface area contributed by atoms with Crippen LogP contribution in [0.4, 0.5) is 56.9 Å². The fraction of sp³-hybridized carbons (Fsp3) is 0.280. The topological polar surface area (TPSA) is 31.4 Å². The Morgan fingerprint density at radius 3 is 1.02 bits per heavy atom. The summed E-state index contributed by atoms with van der Waals surface area (Å²) in [5, 5.41) is 0. The molecule has 6 aliphatic rings. The predicted molar refractivity (Wildman–Crippen MR) is 376 cm³/mol. The Hall–Kier alpha value is -7.33. The van der Waals surface area contributed by atoms with Gasteiger partial charge in [0.15, 0.2) is 0 Å². The lowest BCUT2D eigenvalue weighted by Gasteiger charge is -2.47. The molecule has 0 unspecified atom stereocenters. The van der Waals surface area contributed by atoms with Crippen LogP contribution in [-0.4, -0.2) is 32.6 Å². The van der Waals surface area contributed by atoms with Gasteiger partial charge >= 0.3 is 0 Å². The van der Waals surface area contributed by atoms with Crippen molar-refractivity contribution in [1.82, 2.24) is 0 Å². The quantitative estimate of drug-likeness (QED) is 0.127. The van der Waals surface area contributed by atoms with Crippen molar-refractivity contribution >= 4 is 150 Å². The van der Waals surface area contributed by atoms with Gasteiger partial charge in [0.05, 0.1) is 11.4 Å². The molecule has 0 bridgehead atoms. The molecule has 9 aromatic carbocycles. The lowest BCUT2D eigenvalue weighted by molar-refractivity contribution is 0.485. The van der Waals surface area contributed by atoms with Gasteiger partial charge in [0, 0.05) is 58.0 Å². The maximum Gasteiger partial charge on any atom is 0.256 e. The Bertz CT molecular complexity index is 4400. The predicted octanol–water partition coefficient (Wildman–Crippen LogP) is 14.6. The van der Waals surface area contributed by atoms with Crippen LogP contribution in [0.25, 0.3) is 0 Å². The molecular weight excluding hydrogens is 1090 g/mol. The Morgan fingerprint density at radius 1 is 0.302 bits per heavy atom. The molecular formula is C75H75B3N4O2S2. The number of hydrogen-bond acceptors (Lipinski definition) is 8. The Labute approximate surface area is 520 Å². The summed E-state index contributed by atoms with van der Waals surface area (Å²) in [7, 11) is 0. The number of ether oxygens (including phenoxy) is 2. The molecule has 6 nitrogen and oxygen atoms in total. The van der Waals surface area contributed by atoms with Gasteiger partial charge in [-0.3, -0.25) is 8.61 Å². The minimum atomic E-state index is -0.143. The first kappa shape index (κ1) is 55.3. The lowest BCUT2D eigenvalue weighted by Crippen LogP contribution is -2.66.